The average Bonchev–Trinajstić information content (AvgIpc) is 2.24. The zero-order chi connectivity index (χ0) is 12.7. The Balaban J connectivity index is 4.48. The van der Waals surface area contributed by atoms with Gasteiger partial charge in [-0.25, -0.2) is 0 Å². The molecule has 0 fully saturated rings. The van der Waals surface area contributed by atoms with Crippen LogP contribution < -0.4 is 5.73 Å². The molecule has 0 aliphatic heterocycles. The second-order valence-electron chi connectivity index (χ2n) is 4.42. The summed E-state index contributed by atoms with van der Waals surface area (Å²) in [6.07, 6.45) is 1.48. The molecule has 0 bridgehead atoms. The molecule has 1 atom stereocenters. The predicted octanol–water partition coefficient (Wildman–Crippen LogP) is 1.41. The van der Waals surface area contributed by atoms with E-state index in [0.717, 1.165) is 6.42 Å². The molecule has 94 valence electrons. The lowest BCUT2D eigenvalue weighted by Crippen LogP contribution is -2.43. The summed E-state index contributed by atoms with van der Waals surface area (Å²) in [6.45, 7) is 8.11. The van der Waals surface area contributed by atoms with Crippen LogP contribution in [0.4, 0.5) is 0 Å². The Morgan fingerprint density at radius 3 is 2.38 bits per heavy atom. The van der Waals surface area contributed by atoms with Gasteiger partial charge >= 0.3 is 0 Å². The number of hydrogen-bond acceptors (Lipinski definition) is 3. The maximum absolute atomic E-state index is 11.9. The summed E-state index contributed by atoms with van der Waals surface area (Å²) in [7, 11) is 0. The number of amides is 1. The van der Waals surface area contributed by atoms with Crippen LogP contribution in [0.5, 0.6) is 0 Å². The van der Waals surface area contributed by atoms with Gasteiger partial charge in [0, 0.05) is 12.5 Å². The fourth-order valence-electron chi connectivity index (χ4n) is 1.32. The topological polar surface area (TPSA) is 78.9 Å². The molecule has 0 aromatic rings. The molecule has 0 heterocycles. The summed E-state index contributed by atoms with van der Waals surface area (Å²) in [5.74, 6) is 0.475. The van der Waals surface area contributed by atoms with Gasteiger partial charge in [0.25, 0.3) is 0 Å². The first kappa shape index (κ1) is 14.7. The molecule has 0 aromatic heterocycles. The number of nitrogens with zero attached hydrogens (tertiary/aromatic N) is 2. The Hall–Kier alpha value is -1.26. The van der Waals surface area contributed by atoms with E-state index < -0.39 is 0 Å². The number of carbonyl (C=O) groups is 1. The van der Waals surface area contributed by atoms with Crippen LogP contribution in [0.25, 0.3) is 0 Å². The Kier molecular flexibility index (Phi) is 6.53. The lowest BCUT2D eigenvalue weighted by molar-refractivity contribution is -0.133. The van der Waals surface area contributed by atoms with Crippen LogP contribution in [0, 0.1) is 5.92 Å². The smallest absolute Gasteiger partial charge is 0.223 e. The van der Waals surface area contributed by atoms with E-state index >= 15 is 0 Å². The normalized spacial score (nSPS) is 13.9. The van der Waals surface area contributed by atoms with Gasteiger partial charge < -0.3 is 15.8 Å². The van der Waals surface area contributed by atoms with E-state index in [2.05, 4.69) is 12.1 Å². The summed E-state index contributed by atoms with van der Waals surface area (Å²) < 4.78 is 0. The average molecular weight is 229 g/mol. The lowest BCUT2D eigenvalue weighted by Gasteiger charge is -2.27. The van der Waals surface area contributed by atoms with Gasteiger partial charge in [-0.3, -0.25) is 4.79 Å². The highest BCUT2D eigenvalue weighted by Crippen LogP contribution is 2.11. The van der Waals surface area contributed by atoms with Crippen molar-refractivity contribution in [3.63, 3.8) is 0 Å². The molecule has 16 heavy (non-hydrogen) atoms. The Bertz CT molecular complexity index is 252. The van der Waals surface area contributed by atoms with Crippen LogP contribution in [-0.4, -0.2) is 34.4 Å². The summed E-state index contributed by atoms with van der Waals surface area (Å²) in [5, 5.41) is 11.4. The Morgan fingerprint density at radius 1 is 1.44 bits per heavy atom. The molecule has 0 spiro atoms. The van der Waals surface area contributed by atoms with E-state index in [4.69, 9.17) is 10.9 Å². The third kappa shape index (κ3) is 5.00. The fraction of sp³-hybridized carbons (Fsp3) is 0.818. The molecule has 0 saturated heterocycles. The molecule has 0 aliphatic rings. The van der Waals surface area contributed by atoms with Crippen molar-refractivity contribution in [2.75, 3.05) is 6.54 Å². The quantitative estimate of drug-likeness (QED) is 0.313. The largest absolute Gasteiger partial charge is 0.409 e. The first-order valence-corrected chi connectivity index (χ1v) is 5.68. The molecular weight excluding hydrogens is 206 g/mol. The van der Waals surface area contributed by atoms with Crippen LogP contribution >= 0.6 is 0 Å². The van der Waals surface area contributed by atoms with Crippen LogP contribution in [0.1, 0.15) is 40.5 Å². The van der Waals surface area contributed by atoms with Gasteiger partial charge in [0.1, 0.15) is 0 Å². The van der Waals surface area contributed by atoms with Crippen molar-refractivity contribution in [2.24, 2.45) is 16.8 Å². The van der Waals surface area contributed by atoms with Crippen molar-refractivity contribution in [3.05, 3.63) is 0 Å². The van der Waals surface area contributed by atoms with Gasteiger partial charge in [-0.1, -0.05) is 25.4 Å². The van der Waals surface area contributed by atoms with E-state index in [0.29, 0.717) is 12.3 Å². The maximum atomic E-state index is 11.9. The summed E-state index contributed by atoms with van der Waals surface area (Å²) in [4.78, 5) is 13.6. The molecule has 1 unspecified atom stereocenters. The number of amidine groups is 1. The van der Waals surface area contributed by atoms with Gasteiger partial charge in [-0.05, 0) is 19.8 Å². The summed E-state index contributed by atoms with van der Waals surface area (Å²) >= 11 is 0. The zero-order valence-corrected chi connectivity index (χ0v) is 10.6. The number of rotatable bonds is 6. The summed E-state index contributed by atoms with van der Waals surface area (Å²) in [6, 6.07) is 0.0526. The van der Waals surface area contributed by atoms with Gasteiger partial charge in [-0.2, -0.15) is 0 Å². The zero-order valence-electron chi connectivity index (χ0n) is 10.6. The van der Waals surface area contributed by atoms with E-state index in [1.807, 2.05) is 20.8 Å². The third-order valence-electron chi connectivity index (χ3n) is 2.62. The van der Waals surface area contributed by atoms with Crippen LogP contribution in [-0.2, 0) is 4.79 Å². The molecule has 0 saturated carbocycles. The third-order valence-corrected chi connectivity index (χ3v) is 2.62. The Labute approximate surface area is 97.3 Å². The number of hydrogen-bond donors (Lipinski definition) is 2. The highest BCUT2D eigenvalue weighted by molar-refractivity contribution is 5.87. The molecule has 1 amide bonds. The Morgan fingerprint density at radius 2 is 2.00 bits per heavy atom. The minimum absolute atomic E-state index is 0.0518. The van der Waals surface area contributed by atoms with Crippen molar-refractivity contribution in [3.8, 4) is 0 Å². The van der Waals surface area contributed by atoms with Crippen molar-refractivity contribution >= 4 is 11.7 Å². The highest BCUT2D eigenvalue weighted by atomic mass is 16.4. The van der Waals surface area contributed by atoms with Crippen molar-refractivity contribution < 1.29 is 10.0 Å². The molecule has 0 aliphatic carbocycles. The van der Waals surface area contributed by atoms with Crippen molar-refractivity contribution in [1.82, 2.24) is 4.90 Å². The van der Waals surface area contributed by atoms with Crippen LogP contribution in [0.15, 0.2) is 5.16 Å². The minimum atomic E-state index is 0.0518. The standard InChI is InChI=1S/C11H23N3O2/c1-5-9(4)6-11(15)14(8(2)3)7-10(12)13-16/h8-9,16H,5-7H2,1-4H3,(H2,12,13). The number of oxime groups is 1. The number of carbonyl (C=O) groups excluding carboxylic acids is 1. The van der Waals surface area contributed by atoms with E-state index in [1.54, 1.807) is 4.90 Å². The van der Waals surface area contributed by atoms with E-state index in [-0.39, 0.29) is 24.3 Å². The van der Waals surface area contributed by atoms with Crippen LogP contribution in [0.2, 0.25) is 0 Å². The molecule has 5 heteroatoms. The summed E-state index contributed by atoms with van der Waals surface area (Å²) in [5.41, 5.74) is 5.42. The van der Waals surface area contributed by atoms with Gasteiger partial charge in [-0.15, -0.1) is 0 Å². The number of nitrogens with two attached hydrogens (primary N) is 1. The minimum Gasteiger partial charge on any atom is -0.409 e. The van der Waals surface area contributed by atoms with Crippen molar-refractivity contribution in [2.45, 2.75) is 46.6 Å². The lowest BCUT2D eigenvalue weighted by atomic mass is 10.0. The van der Waals surface area contributed by atoms with Gasteiger partial charge in [0.15, 0.2) is 5.84 Å². The van der Waals surface area contributed by atoms with Gasteiger partial charge in [0.2, 0.25) is 5.91 Å². The second-order valence-corrected chi connectivity index (χ2v) is 4.42. The SMILES string of the molecule is CCC(C)CC(=O)N(CC(N)=NO)C(C)C. The maximum Gasteiger partial charge on any atom is 0.223 e. The van der Waals surface area contributed by atoms with E-state index in [1.165, 1.54) is 0 Å². The van der Waals surface area contributed by atoms with Crippen LogP contribution in [0.3, 0.4) is 0 Å². The first-order chi connectivity index (χ1) is 7.42. The molecule has 0 rings (SSSR count). The fourth-order valence-corrected chi connectivity index (χ4v) is 1.32. The highest BCUT2D eigenvalue weighted by Gasteiger charge is 2.19. The molecule has 0 aromatic carbocycles. The molecule has 3 N–H and O–H groups in total. The second kappa shape index (κ2) is 7.09. The molecule has 5 nitrogen and oxygen atoms in total. The first-order valence-electron chi connectivity index (χ1n) is 5.68. The van der Waals surface area contributed by atoms with E-state index in [9.17, 15) is 4.79 Å². The monoisotopic (exact) mass is 229 g/mol. The van der Waals surface area contributed by atoms with Gasteiger partial charge in [0.05, 0.1) is 6.54 Å². The molecule has 0 radical (unpaired) electrons. The molecular formula is C11H23N3O2. The van der Waals surface area contributed by atoms with Crippen molar-refractivity contribution in [1.29, 1.82) is 0 Å². The predicted molar refractivity (Wildman–Crippen MR) is 64.3 cm³/mol.